The zero-order valence-corrected chi connectivity index (χ0v) is 15.7. The number of nitrogens with zero attached hydrogens (tertiary/aromatic N) is 1. The fraction of sp³-hybridized carbons (Fsp3) is 0.579. The van der Waals surface area contributed by atoms with E-state index in [9.17, 15) is 35.9 Å². The third-order valence-corrected chi connectivity index (χ3v) is 5.65. The maximum absolute atomic E-state index is 12.6. The van der Waals surface area contributed by atoms with Gasteiger partial charge in [-0.25, -0.2) is 4.79 Å². The summed E-state index contributed by atoms with van der Waals surface area (Å²) in [5, 5.41) is 2.83. The minimum atomic E-state index is -5.75. The van der Waals surface area contributed by atoms with Gasteiger partial charge >= 0.3 is 18.4 Å². The summed E-state index contributed by atoms with van der Waals surface area (Å²) in [6.45, 7) is 0.231. The average molecular weight is 438 g/mol. The van der Waals surface area contributed by atoms with Gasteiger partial charge in [-0.3, -0.25) is 4.79 Å². The third kappa shape index (κ3) is 4.99. The molecule has 1 N–H and O–H groups in total. The molecule has 30 heavy (non-hydrogen) atoms. The summed E-state index contributed by atoms with van der Waals surface area (Å²) in [6, 6.07) is 9.27. The molecule has 5 nitrogen and oxygen atoms in total. The van der Waals surface area contributed by atoms with Crippen molar-refractivity contribution in [3.8, 4) is 0 Å². The molecule has 1 spiro atoms. The van der Waals surface area contributed by atoms with Crippen LogP contribution >= 0.6 is 0 Å². The van der Waals surface area contributed by atoms with E-state index in [0.29, 0.717) is 25.8 Å². The summed E-state index contributed by atoms with van der Waals surface area (Å²) in [5.41, 5.74) is 0.562. The van der Waals surface area contributed by atoms with E-state index in [4.69, 9.17) is 0 Å². The van der Waals surface area contributed by atoms with E-state index >= 15 is 0 Å². The van der Waals surface area contributed by atoms with Gasteiger partial charge in [0, 0.05) is 25.6 Å². The molecular weight excluding hydrogens is 418 g/mol. The molecule has 1 heterocycles. The molecule has 0 radical (unpaired) electrons. The Morgan fingerprint density at radius 3 is 2.17 bits per heavy atom. The molecule has 2 fully saturated rings. The van der Waals surface area contributed by atoms with Gasteiger partial charge in [-0.15, -0.1) is 0 Å². The van der Waals surface area contributed by atoms with Gasteiger partial charge in [-0.2, -0.15) is 26.3 Å². The zero-order valence-electron chi connectivity index (χ0n) is 15.7. The first-order valence-electron chi connectivity index (χ1n) is 9.33. The number of carbonyl (C=O) groups is 2. The predicted molar refractivity (Wildman–Crippen MR) is 92.0 cm³/mol. The number of ether oxygens (including phenoxy) is 1. The number of piperidine rings is 1. The van der Waals surface area contributed by atoms with Crippen LogP contribution in [0.3, 0.4) is 0 Å². The second kappa shape index (κ2) is 7.99. The van der Waals surface area contributed by atoms with Gasteiger partial charge in [-0.1, -0.05) is 30.3 Å². The lowest BCUT2D eigenvalue weighted by Crippen LogP contribution is -2.49. The average Bonchev–Trinajstić information content (AvgIpc) is 3.37. The van der Waals surface area contributed by atoms with E-state index < -0.39 is 24.5 Å². The predicted octanol–water partition coefficient (Wildman–Crippen LogP) is 4.03. The molecule has 1 aromatic carbocycles. The van der Waals surface area contributed by atoms with E-state index in [0.717, 1.165) is 10.5 Å². The molecular formula is C19H20F6N2O3. The molecule has 1 aromatic rings. The van der Waals surface area contributed by atoms with Crippen molar-refractivity contribution in [3.05, 3.63) is 35.9 Å². The normalized spacial score (nSPS) is 20.9. The van der Waals surface area contributed by atoms with Crippen LogP contribution < -0.4 is 5.32 Å². The topological polar surface area (TPSA) is 58.6 Å². The molecule has 2 amide bonds. The van der Waals surface area contributed by atoms with Gasteiger partial charge in [0.1, 0.15) is 0 Å². The number of hydrogen-bond donors (Lipinski definition) is 1. The van der Waals surface area contributed by atoms with Crippen LogP contribution in [0.4, 0.5) is 31.1 Å². The molecule has 1 saturated carbocycles. The maximum atomic E-state index is 12.6. The lowest BCUT2D eigenvalue weighted by Gasteiger charge is -2.33. The van der Waals surface area contributed by atoms with Crippen LogP contribution in [0.1, 0.15) is 24.8 Å². The van der Waals surface area contributed by atoms with Gasteiger partial charge in [-0.05, 0) is 30.2 Å². The first-order valence-corrected chi connectivity index (χ1v) is 9.33. The van der Waals surface area contributed by atoms with Crippen molar-refractivity contribution in [1.29, 1.82) is 0 Å². The summed E-state index contributed by atoms with van der Waals surface area (Å²) in [5.74, 6) is -0.429. The molecule has 1 saturated heterocycles. The number of likely N-dealkylation sites (tertiary alicyclic amines) is 1. The lowest BCUT2D eigenvalue weighted by molar-refractivity contribution is -0.308. The highest BCUT2D eigenvalue weighted by Gasteiger charge is 2.61. The molecule has 1 aliphatic heterocycles. The molecule has 2 aliphatic rings. The van der Waals surface area contributed by atoms with Gasteiger partial charge in [0.05, 0.1) is 0 Å². The number of carbonyl (C=O) groups excluding carboxylic acids is 2. The van der Waals surface area contributed by atoms with Crippen LogP contribution in [0.2, 0.25) is 0 Å². The Labute approximate surface area is 168 Å². The number of nitrogens with one attached hydrogen (secondary N) is 1. The molecule has 1 unspecified atom stereocenters. The summed E-state index contributed by atoms with van der Waals surface area (Å²) < 4.78 is 79.0. The molecule has 1 atom stereocenters. The van der Waals surface area contributed by atoms with Gasteiger partial charge in [0.25, 0.3) is 6.10 Å². The van der Waals surface area contributed by atoms with Crippen LogP contribution in [0.25, 0.3) is 0 Å². The first-order chi connectivity index (χ1) is 13.9. The summed E-state index contributed by atoms with van der Waals surface area (Å²) in [6.07, 6.45) is -16.1. The molecule has 1 aliphatic carbocycles. The van der Waals surface area contributed by atoms with Gasteiger partial charge < -0.3 is 15.0 Å². The maximum Gasteiger partial charge on any atom is 0.434 e. The number of hydrogen-bond acceptors (Lipinski definition) is 3. The lowest BCUT2D eigenvalue weighted by atomic mass is 9.91. The Bertz CT molecular complexity index is 759. The van der Waals surface area contributed by atoms with Crippen molar-refractivity contribution in [2.24, 2.45) is 11.3 Å². The van der Waals surface area contributed by atoms with Crippen LogP contribution in [0.5, 0.6) is 0 Å². The summed E-state index contributed by atoms with van der Waals surface area (Å²) in [7, 11) is 0. The highest BCUT2D eigenvalue weighted by Crippen LogP contribution is 2.59. The van der Waals surface area contributed by atoms with E-state index in [1.807, 2.05) is 30.3 Å². The zero-order chi connectivity index (χ0) is 22.2. The molecule has 166 valence electrons. The first kappa shape index (κ1) is 22.2. The molecule has 0 aromatic heterocycles. The van der Waals surface area contributed by atoms with Crippen LogP contribution in [-0.2, 0) is 16.1 Å². The second-order valence-corrected chi connectivity index (χ2v) is 7.66. The highest BCUT2D eigenvalue weighted by molar-refractivity contribution is 5.82. The van der Waals surface area contributed by atoms with Crippen molar-refractivity contribution in [3.63, 3.8) is 0 Å². The largest absolute Gasteiger partial charge is 0.434 e. The Balaban J connectivity index is 1.49. The van der Waals surface area contributed by atoms with Crippen LogP contribution in [0, 0.1) is 11.3 Å². The second-order valence-electron chi connectivity index (χ2n) is 7.66. The highest BCUT2D eigenvalue weighted by atomic mass is 19.4. The third-order valence-electron chi connectivity index (χ3n) is 5.65. The summed E-state index contributed by atoms with van der Waals surface area (Å²) >= 11 is 0. The van der Waals surface area contributed by atoms with E-state index in [-0.39, 0.29) is 30.3 Å². The minimum absolute atomic E-state index is 0.0657. The van der Waals surface area contributed by atoms with Crippen molar-refractivity contribution in [2.45, 2.75) is 44.3 Å². The SMILES string of the molecule is O=C(NCc1ccccc1)C1CC12CCN(C(=O)OC(C(F)(F)F)C(F)(F)F)CC2. The van der Waals surface area contributed by atoms with E-state index in [1.54, 1.807) is 0 Å². The standard InChI is InChI=1S/C19H20F6N2O3/c20-18(21,22)15(19(23,24)25)30-16(29)27-8-6-17(7-9-27)10-13(17)14(28)26-11-12-4-2-1-3-5-12/h1-5,13,15H,6-11H2,(H,26,28). The Kier molecular flexibility index (Phi) is 5.92. The van der Waals surface area contributed by atoms with E-state index in [1.165, 1.54) is 0 Å². The molecule has 11 heteroatoms. The smallest absolute Gasteiger partial charge is 0.426 e. The fourth-order valence-electron chi connectivity index (χ4n) is 3.81. The number of alkyl halides is 6. The van der Waals surface area contributed by atoms with Gasteiger partial charge in [0.15, 0.2) is 0 Å². The Morgan fingerprint density at radius 2 is 1.63 bits per heavy atom. The number of halogens is 6. The molecule has 3 rings (SSSR count). The molecule has 0 bridgehead atoms. The van der Waals surface area contributed by atoms with E-state index in [2.05, 4.69) is 10.1 Å². The van der Waals surface area contributed by atoms with Crippen molar-refractivity contribution in [1.82, 2.24) is 10.2 Å². The quantitative estimate of drug-likeness (QED) is 0.723. The number of benzene rings is 1. The van der Waals surface area contributed by atoms with Crippen molar-refractivity contribution < 1.29 is 40.7 Å². The Hall–Kier alpha value is -2.46. The number of rotatable bonds is 4. The minimum Gasteiger partial charge on any atom is -0.426 e. The Morgan fingerprint density at radius 1 is 1.07 bits per heavy atom. The fourth-order valence-corrected chi connectivity index (χ4v) is 3.81. The van der Waals surface area contributed by atoms with Crippen LogP contribution in [-0.4, -0.2) is 48.4 Å². The number of amides is 2. The van der Waals surface area contributed by atoms with Gasteiger partial charge in [0.2, 0.25) is 5.91 Å². The monoisotopic (exact) mass is 438 g/mol. The van der Waals surface area contributed by atoms with Crippen molar-refractivity contribution in [2.75, 3.05) is 13.1 Å². The van der Waals surface area contributed by atoms with Crippen molar-refractivity contribution >= 4 is 12.0 Å². The van der Waals surface area contributed by atoms with Crippen LogP contribution in [0.15, 0.2) is 30.3 Å². The summed E-state index contributed by atoms with van der Waals surface area (Å²) in [4.78, 5) is 25.0.